The summed E-state index contributed by atoms with van der Waals surface area (Å²) in [6.07, 6.45) is -0.445. The highest BCUT2D eigenvalue weighted by Gasteiger charge is 2.56. The van der Waals surface area contributed by atoms with Gasteiger partial charge >= 0.3 is 11.9 Å². The number of thiophene rings is 1. The van der Waals surface area contributed by atoms with Crippen molar-refractivity contribution in [3.05, 3.63) is 27.1 Å². The zero-order valence-corrected chi connectivity index (χ0v) is 28.5. The molecule has 1 saturated heterocycles. The molecule has 224 valence electrons. The number of rotatable bonds is 11. The first-order chi connectivity index (χ1) is 18.3. The first-order valence-corrected chi connectivity index (χ1v) is 18.6. The molecular weight excluding hydrogens is 591 g/mol. The summed E-state index contributed by atoms with van der Waals surface area (Å²) in [6.45, 7) is 19.4. The molecule has 13 heteroatoms. The van der Waals surface area contributed by atoms with Crippen molar-refractivity contribution in [1.29, 1.82) is 0 Å². The minimum absolute atomic E-state index is 0.0404. The molecule has 0 saturated carbocycles. The van der Waals surface area contributed by atoms with Gasteiger partial charge in [-0.05, 0) is 54.0 Å². The summed E-state index contributed by atoms with van der Waals surface area (Å²) in [7, 11) is -0.996. The summed E-state index contributed by atoms with van der Waals surface area (Å²) in [5.74, 6) is -2.43. The summed E-state index contributed by atoms with van der Waals surface area (Å²) in [6, 6.07) is 1.49. The summed E-state index contributed by atoms with van der Waals surface area (Å²) < 4.78 is 17.3. The van der Waals surface area contributed by atoms with E-state index in [-0.39, 0.29) is 25.9 Å². The number of carbonyl (C=O) groups is 4. The van der Waals surface area contributed by atoms with E-state index >= 15 is 0 Å². The topological polar surface area (TPSA) is 119 Å². The number of hydrogen-bond donors (Lipinski definition) is 1. The smallest absolute Gasteiger partial charge is 0.357 e. The number of carboxylic acid groups (broad SMARTS) is 1. The van der Waals surface area contributed by atoms with Crippen LogP contribution in [-0.2, 0) is 23.5 Å². The van der Waals surface area contributed by atoms with Gasteiger partial charge in [0.25, 0.3) is 0 Å². The lowest BCUT2D eigenvalue weighted by atomic mass is 9.92. The van der Waals surface area contributed by atoms with Gasteiger partial charge in [-0.25, -0.2) is 9.59 Å². The van der Waals surface area contributed by atoms with Crippen molar-refractivity contribution in [3.63, 3.8) is 0 Å². The average Bonchev–Trinajstić information content (AvgIpc) is 3.27. The molecule has 1 aliphatic rings. The van der Waals surface area contributed by atoms with E-state index in [9.17, 15) is 24.3 Å². The van der Waals surface area contributed by atoms with Crippen LogP contribution in [0.5, 0.6) is 5.75 Å². The summed E-state index contributed by atoms with van der Waals surface area (Å²) in [4.78, 5) is 53.1. The Bertz CT molecular complexity index is 1170. The number of nitrogens with zero attached hydrogens (tertiary/aromatic N) is 1. The van der Waals surface area contributed by atoms with E-state index in [0.29, 0.717) is 17.5 Å². The molecule has 1 aromatic heterocycles. The fourth-order valence-electron chi connectivity index (χ4n) is 3.58. The minimum atomic E-state index is -2.22. The second kappa shape index (κ2) is 13.0. The van der Waals surface area contributed by atoms with E-state index in [2.05, 4.69) is 33.9 Å². The van der Waals surface area contributed by atoms with Gasteiger partial charge in [0.2, 0.25) is 11.0 Å². The normalized spacial score (nSPS) is 19.5. The largest absolute Gasteiger partial charge is 0.476 e. The van der Waals surface area contributed by atoms with Gasteiger partial charge in [-0.2, -0.15) is 0 Å². The number of esters is 1. The molecule has 1 fully saturated rings. The fourth-order valence-corrected chi connectivity index (χ4v) is 7.88. The van der Waals surface area contributed by atoms with E-state index in [4.69, 9.17) is 13.9 Å². The number of methoxy groups -OCH3 is 1. The molecule has 0 radical (unpaired) electrons. The molecule has 0 spiro atoms. The van der Waals surface area contributed by atoms with Crippen LogP contribution in [0.1, 0.15) is 65.1 Å². The third-order valence-electron chi connectivity index (χ3n) is 6.85. The molecule has 1 N–H and O–H groups in total. The van der Waals surface area contributed by atoms with Crippen molar-refractivity contribution in [2.24, 2.45) is 11.3 Å². The Balaban J connectivity index is 2.62. The number of amides is 1. The highest BCUT2D eigenvalue weighted by molar-refractivity contribution is 8.16. The Labute approximate surface area is 250 Å². The SMILES string of the molecule is CCS[C@@H]1[C@@H]([C@@H](C)O[Si](C)(C)C(C)(C)C)C(=O)N1C(C(=O)O)=C(Oc1ccsc1C(=O)OC)SC(=O)C(C)(C)C. The Morgan fingerprint density at radius 3 is 2.25 bits per heavy atom. The van der Waals surface area contributed by atoms with Gasteiger partial charge < -0.3 is 19.0 Å². The Hall–Kier alpha value is -1.80. The standard InChI is InChI=1S/C27H41NO8S3Si/c1-12-37-21-17(15(2)36-40(10,11)27(6,7)8)20(29)28(21)18(22(30)31)24(39-25(33)26(3,4)5)35-16-13-14-38-19(16)23(32)34-9/h13-15,17,21H,12H2,1-11H3,(H,30,31)/t15-,17+,21-/m1/s1. The van der Waals surface area contributed by atoms with Crippen LogP contribution in [0.4, 0.5) is 0 Å². The van der Waals surface area contributed by atoms with E-state index in [1.54, 1.807) is 26.2 Å². The Kier molecular flexibility index (Phi) is 11.2. The zero-order valence-electron chi connectivity index (χ0n) is 25.1. The van der Waals surface area contributed by atoms with Crippen LogP contribution in [-0.4, -0.2) is 65.6 Å². The Morgan fingerprint density at radius 1 is 1.18 bits per heavy atom. The van der Waals surface area contributed by atoms with Gasteiger partial charge in [0.15, 0.2) is 29.7 Å². The molecule has 0 bridgehead atoms. The molecule has 0 aromatic carbocycles. The number of likely N-dealkylation sites (tertiary alicyclic amines) is 1. The maximum absolute atomic E-state index is 13.7. The van der Waals surface area contributed by atoms with Crippen molar-refractivity contribution in [2.45, 2.75) is 85.0 Å². The predicted octanol–water partition coefficient (Wildman–Crippen LogP) is 6.42. The van der Waals surface area contributed by atoms with E-state index < -0.39 is 54.7 Å². The molecule has 2 rings (SSSR count). The minimum Gasteiger partial charge on any atom is -0.476 e. The lowest BCUT2D eigenvalue weighted by molar-refractivity contribution is -0.157. The van der Waals surface area contributed by atoms with Crippen LogP contribution in [0.25, 0.3) is 0 Å². The highest BCUT2D eigenvalue weighted by Crippen LogP contribution is 2.46. The molecular formula is C27H41NO8S3Si. The third-order valence-corrected chi connectivity index (χ3v) is 14.7. The lowest BCUT2D eigenvalue weighted by Gasteiger charge is -2.50. The number of carboxylic acids is 1. The van der Waals surface area contributed by atoms with Gasteiger partial charge in [-0.15, -0.1) is 23.1 Å². The van der Waals surface area contributed by atoms with Crippen LogP contribution in [0.3, 0.4) is 0 Å². The van der Waals surface area contributed by atoms with Crippen molar-refractivity contribution < 1.29 is 38.2 Å². The highest BCUT2D eigenvalue weighted by atomic mass is 32.2. The molecule has 0 aliphatic carbocycles. The summed E-state index contributed by atoms with van der Waals surface area (Å²) >= 11 is 3.08. The van der Waals surface area contributed by atoms with Crippen LogP contribution in [0, 0.1) is 11.3 Å². The average molecular weight is 632 g/mol. The number of thioether (sulfide) groups is 2. The van der Waals surface area contributed by atoms with Crippen molar-refractivity contribution in [2.75, 3.05) is 12.9 Å². The number of carbonyl (C=O) groups excluding carboxylic acids is 3. The number of β-lactam (4-membered cyclic amide) rings is 1. The van der Waals surface area contributed by atoms with Crippen molar-refractivity contribution in [1.82, 2.24) is 4.90 Å². The second-order valence-corrected chi connectivity index (χ2v) is 20.0. The molecule has 1 aliphatic heterocycles. The molecule has 1 amide bonds. The quantitative estimate of drug-likeness (QED) is 0.0963. The van der Waals surface area contributed by atoms with E-state index in [1.165, 1.54) is 29.8 Å². The molecule has 9 nitrogen and oxygen atoms in total. The number of hydrogen-bond acceptors (Lipinski definition) is 10. The van der Waals surface area contributed by atoms with Crippen LogP contribution >= 0.6 is 34.9 Å². The van der Waals surface area contributed by atoms with Crippen molar-refractivity contribution >= 4 is 66.1 Å². The molecule has 3 atom stereocenters. The number of aliphatic carboxylic acids is 1. The van der Waals surface area contributed by atoms with Crippen LogP contribution < -0.4 is 4.74 Å². The molecule has 0 unspecified atom stereocenters. The first kappa shape index (κ1) is 34.4. The van der Waals surface area contributed by atoms with Crippen molar-refractivity contribution in [3.8, 4) is 5.75 Å². The van der Waals surface area contributed by atoms with Crippen LogP contribution in [0.2, 0.25) is 18.1 Å². The van der Waals surface area contributed by atoms with Gasteiger partial charge in [0, 0.05) is 5.41 Å². The summed E-state index contributed by atoms with van der Waals surface area (Å²) in [5, 5.41) is 10.7. The maximum atomic E-state index is 13.7. The van der Waals surface area contributed by atoms with Gasteiger partial charge in [-0.1, -0.05) is 48.5 Å². The fraction of sp³-hybridized carbons (Fsp3) is 0.630. The molecule has 2 heterocycles. The maximum Gasteiger partial charge on any atom is 0.357 e. The first-order valence-electron chi connectivity index (χ1n) is 12.9. The number of ether oxygens (including phenoxy) is 2. The van der Waals surface area contributed by atoms with Gasteiger partial charge in [0.1, 0.15) is 0 Å². The van der Waals surface area contributed by atoms with Gasteiger partial charge in [0.05, 0.1) is 24.5 Å². The predicted molar refractivity (Wildman–Crippen MR) is 163 cm³/mol. The van der Waals surface area contributed by atoms with Gasteiger partial charge in [-0.3, -0.25) is 14.5 Å². The summed E-state index contributed by atoms with van der Waals surface area (Å²) in [5.41, 5.74) is -1.29. The lowest BCUT2D eigenvalue weighted by Crippen LogP contribution is -2.64. The Morgan fingerprint density at radius 2 is 1.77 bits per heavy atom. The molecule has 40 heavy (non-hydrogen) atoms. The van der Waals surface area contributed by atoms with Crippen LogP contribution in [0.15, 0.2) is 22.2 Å². The second-order valence-electron chi connectivity index (χ2n) is 12.0. The molecule has 1 aromatic rings. The third kappa shape index (κ3) is 7.52. The van der Waals surface area contributed by atoms with E-state index in [0.717, 1.165) is 11.3 Å². The zero-order chi connectivity index (χ0) is 30.8. The monoisotopic (exact) mass is 631 g/mol. The van der Waals surface area contributed by atoms with E-state index in [1.807, 2.05) is 13.8 Å².